The van der Waals surface area contributed by atoms with Crippen LogP contribution in [0.2, 0.25) is 0 Å². The minimum atomic E-state index is 0.0432. The Kier molecular flexibility index (Phi) is 3.96. The number of fused-ring (bicyclic) bond motifs is 1. The van der Waals surface area contributed by atoms with E-state index in [1.165, 1.54) is 19.3 Å². The largest absolute Gasteiger partial charge is 0.353 e. The molecule has 3 atom stereocenters. The fourth-order valence-corrected chi connectivity index (χ4v) is 3.10. The van der Waals surface area contributed by atoms with Gasteiger partial charge in [-0.2, -0.15) is 0 Å². The van der Waals surface area contributed by atoms with E-state index in [-0.39, 0.29) is 12.6 Å². The molecular formula is C13H22O4. The van der Waals surface area contributed by atoms with Crippen LogP contribution >= 0.6 is 0 Å². The summed E-state index contributed by atoms with van der Waals surface area (Å²) in [5.74, 6) is 1.33. The van der Waals surface area contributed by atoms with Crippen LogP contribution in [0.3, 0.4) is 0 Å². The Labute approximate surface area is 103 Å². The van der Waals surface area contributed by atoms with E-state index < -0.39 is 0 Å². The highest BCUT2D eigenvalue weighted by Crippen LogP contribution is 2.38. The van der Waals surface area contributed by atoms with Gasteiger partial charge in [0.1, 0.15) is 0 Å². The minimum absolute atomic E-state index is 0.0432. The topological polar surface area (TPSA) is 36.9 Å². The molecule has 4 heteroatoms. The number of rotatable bonds is 4. The third-order valence-corrected chi connectivity index (χ3v) is 4.07. The van der Waals surface area contributed by atoms with Crippen molar-refractivity contribution in [1.82, 2.24) is 0 Å². The van der Waals surface area contributed by atoms with Crippen molar-refractivity contribution in [3.8, 4) is 0 Å². The molecule has 3 rings (SSSR count). The monoisotopic (exact) mass is 242 g/mol. The van der Waals surface area contributed by atoms with E-state index in [0.29, 0.717) is 11.8 Å². The van der Waals surface area contributed by atoms with Crippen LogP contribution < -0.4 is 0 Å². The van der Waals surface area contributed by atoms with E-state index in [1.54, 1.807) is 0 Å². The maximum absolute atomic E-state index is 5.65. The highest BCUT2D eigenvalue weighted by Gasteiger charge is 2.40. The van der Waals surface area contributed by atoms with Crippen molar-refractivity contribution in [3.05, 3.63) is 0 Å². The van der Waals surface area contributed by atoms with Gasteiger partial charge in [0.2, 0.25) is 0 Å². The van der Waals surface area contributed by atoms with Crippen molar-refractivity contribution < 1.29 is 18.9 Å². The summed E-state index contributed by atoms with van der Waals surface area (Å²) in [5, 5.41) is 0. The SMILES string of the molecule is C1COC(CCC[C@H]2CO[C@H]3OCC[C@@H]23)OC1. The third kappa shape index (κ3) is 2.81. The first-order valence-electron chi connectivity index (χ1n) is 6.90. The lowest BCUT2D eigenvalue weighted by molar-refractivity contribution is -0.181. The first kappa shape index (κ1) is 11.9. The average Bonchev–Trinajstić information content (AvgIpc) is 2.95. The molecule has 0 amide bonds. The summed E-state index contributed by atoms with van der Waals surface area (Å²) in [6.45, 7) is 3.47. The van der Waals surface area contributed by atoms with Gasteiger partial charge in [-0.15, -0.1) is 0 Å². The van der Waals surface area contributed by atoms with Gasteiger partial charge in [0, 0.05) is 5.92 Å². The van der Waals surface area contributed by atoms with E-state index in [4.69, 9.17) is 18.9 Å². The van der Waals surface area contributed by atoms with Gasteiger partial charge in [0.05, 0.1) is 26.4 Å². The summed E-state index contributed by atoms with van der Waals surface area (Å²) in [5.41, 5.74) is 0. The summed E-state index contributed by atoms with van der Waals surface area (Å²) in [7, 11) is 0. The van der Waals surface area contributed by atoms with E-state index in [2.05, 4.69) is 0 Å². The summed E-state index contributed by atoms with van der Waals surface area (Å²) in [4.78, 5) is 0. The van der Waals surface area contributed by atoms with Crippen molar-refractivity contribution in [2.45, 2.75) is 44.7 Å². The first-order valence-corrected chi connectivity index (χ1v) is 6.90. The van der Waals surface area contributed by atoms with Gasteiger partial charge in [-0.3, -0.25) is 0 Å². The quantitative estimate of drug-likeness (QED) is 0.755. The van der Waals surface area contributed by atoms with Crippen molar-refractivity contribution >= 4 is 0 Å². The van der Waals surface area contributed by atoms with Crippen LogP contribution in [0.25, 0.3) is 0 Å². The van der Waals surface area contributed by atoms with Crippen LogP contribution in [0, 0.1) is 11.8 Å². The third-order valence-electron chi connectivity index (χ3n) is 4.07. The molecule has 0 N–H and O–H groups in total. The number of hydrogen-bond acceptors (Lipinski definition) is 4. The fraction of sp³-hybridized carbons (Fsp3) is 1.00. The Morgan fingerprint density at radius 2 is 1.76 bits per heavy atom. The van der Waals surface area contributed by atoms with Crippen molar-refractivity contribution in [3.63, 3.8) is 0 Å². The molecule has 3 aliphatic heterocycles. The van der Waals surface area contributed by atoms with Gasteiger partial charge in [-0.05, 0) is 38.0 Å². The van der Waals surface area contributed by atoms with E-state index in [0.717, 1.165) is 39.3 Å². The van der Waals surface area contributed by atoms with E-state index >= 15 is 0 Å². The minimum Gasteiger partial charge on any atom is -0.353 e. The fourth-order valence-electron chi connectivity index (χ4n) is 3.10. The van der Waals surface area contributed by atoms with Crippen molar-refractivity contribution in [2.75, 3.05) is 26.4 Å². The number of ether oxygens (including phenoxy) is 4. The molecule has 0 saturated carbocycles. The lowest BCUT2D eigenvalue weighted by atomic mass is 9.89. The smallest absolute Gasteiger partial charge is 0.160 e. The predicted octanol–water partition coefficient (Wildman–Crippen LogP) is 1.93. The Balaban J connectivity index is 1.36. The molecule has 17 heavy (non-hydrogen) atoms. The lowest BCUT2D eigenvalue weighted by Gasteiger charge is -2.23. The molecule has 0 spiro atoms. The molecule has 0 aromatic heterocycles. The van der Waals surface area contributed by atoms with Crippen LogP contribution in [0.15, 0.2) is 0 Å². The van der Waals surface area contributed by atoms with Crippen LogP contribution in [0.5, 0.6) is 0 Å². The van der Waals surface area contributed by atoms with Gasteiger partial charge in [-0.1, -0.05) is 0 Å². The zero-order valence-electron chi connectivity index (χ0n) is 10.3. The second-order valence-electron chi connectivity index (χ2n) is 5.24. The highest BCUT2D eigenvalue weighted by molar-refractivity contribution is 4.82. The molecule has 0 radical (unpaired) electrons. The highest BCUT2D eigenvalue weighted by atomic mass is 16.7. The maximum atomic E-state index is 5.65. The van der Waals surface area contributed by atoms with Crippen molar-refractivity contribution in [2.24, 2.45) is 11.8 Å². The van der Waals surface area contributed by atoms with Gasteiger partial charge < -0.3 is 18.9 Å². The van der Waals surface area contributed by atoms with Gasteiger partial charge in [0.15, 0.2) is 12.6 Å². The summed E-state index contributed by atoms with van der Waals surface area (Å²) < 4.78 is 22.3. The molecule has 0 unspecified atom stereocenters. The van der Waals surface area contributed by atoms with E-state index in [9.17, 15) is 0 Å². The van der Waals surface area contributed by atoms with Crippen LogP contribution in [-0.4, -0.2) is 39.0 Å². The molecule has 3 aliphatic rings. The first-order chi connectivity index (χ1) is 8.43. The van der Waals surface area contributed by atoms with Gasteiger partial charge in [-0.25, -0.2) is 0 Å². The molecule has 0 aromatic rings. The predicted molar refractivity (Wildman–Crippen MR) is 61.4 cm³/mol. The lowest BCUT2D eigenvalue weighted by Crippen LogP contribution is -2.25. The Bertz CT molecular complexity index is 240. The molecule has 0 aliphatic carbocycles. The van der Waals surface area contributed by atoms with Crippen LogP contribution in [0.1, 0.15) is 32.1 Å². The zero-order chi connectivity index (χ0) is 11.5. The molecule has 3 fully saturated rings. The summed E-state index contributed by atoms with van der Waals surface area (Å²) in [6, 6.07) is 0. The average molecular weight is 242 g/mol. The summed E-state index contributed by atoms with van der Waals surface area (Å²) in [6.07, 6.45) is 5.76. The molecule has 98 valence electrons. The summed E-state index contributed by atoms with van der Waals surface area (Å²) >= 11 is 0. The van der Waals surface area contributed by atoms with Gasteiger partial charge in [0.25, 0.3) is 0 Å². The molecule has 3 heterocycles. The van der Waals surface area contributed by atoms with E-state index in [1.807, 2.05) is 0 Å². The van der Waals surface area contributed by atoms with Crippen LogP contribution in [0.4, 0.5) is 0 Å². The molecule has 3 saturated heterocycles. The zero-order valence-corrected chi connectivity index (χ0v) is 10.3. The van der Waals surface area contributed by atoms with Gasteiger partial charge >= 0.3 is 0 Å². The molecule has 4 nitrogen and oxygen atoms in total. The van der Waals surface area contributed by atoms with Crippen molar-refractivity contribution in [1.29, 1.82) is 0 Å². The Morgan fingerprint density at radius 1 is 0.882 bits per heavy atom. The standard InChI is InChI=1S/C13H22O4/c1(4-12-14-6-2-7-15-12)3-10-9-17-13-11(10)5-8-16-13/h10-13H,1-9H2/t10-,11-,13+/m0/s1. The Morgan fingerprint density at radius 3 is 2.65 bits per heavy atom. The number of hydrogen-bond donors (Lipinski definition) is 0. The molecule has 0 aromatic carbocycles. The Hall–Kier alpha value is -0.160. The second-order valence-corrected chi connectivity index (χ2v) is 5.24. The maximum Gasteiger partial charge on any atom is 0.160 e. The van der Waals surface area contributed by atoms with Crippen LogP contribution in [-0.2, 0) is 18.9 Å². The molecule has 0 bridgehead atoms. The second kappa shape index (κ2) is 5.65. The normalized spacial score (nSPS) is 38.5. The molecular weight excluding hydrogens is 220 g/mol.